The van der Waals surface area contributed by atoms with Gasteiger partial charge in [-0.15, -0.1) is 0 Å². The van der Waals surface area contributed by atoms with Crippen LogP contribution in [0.4, 0.5) is 8.78 Å². The van der Waals surface area contributed by atoms with Gasteiger partial charge in [0, 0.05) is 11.8 Å². The molecule has 6 heteroatoms. The maximum Gasteiger partial charge on any atom is 0.137 e. The molecule has 0 saturated carbocycles. The zero-order valence-electron chi connectivity index (χ0n) is 11.6. The first-order valence-corrected chi connectivity index (χ1v) is 6.65. The number of hydrogen-bond donors (Lipinski definition) is 2. The number of ether oxygens (including phenoxy) is 1. The average Bonchev–Trinajstić information content (AvgIpc) is 2.49. The van der Waals surface area contributed by atoms with Crippen LogP contribution in [0.2, 0.25) is 0 Å². The molecule has 0 fully saturated rings. The summed E-state index contributed by atoms with van der Waals surface area (Å²) in [4.78, 5) is 4.03. The fourth-order valence-corrected chi connectivity index (χ4v) is 2.03. The lowest BCUT2D eigenvalue weighted by molar-refractivity contribution is 0.315. The highest BCUT2D eigenvalue weighted by Gasteiger charge is 2.21. The molecule has 1 heterocycles. The lowest BCUT2D eigenvalue weighted by atomic mass is 9.99. The normalized spacial score (nSPS) is 12.2. The standard InChI is InChI=1S/C15H17F2N3O/c1-2-6-21-11-7-10(8-19-9-11)15(20-18)14-12(16)4-3-5-13(14)17/h3-5,7-9,15,20H,2,6,18H2,1H3. The van der Waals surface area contributed by atoms with Crippen LogP contribution in [0.1, 0.15) is 30.5 Å². The molecule has 0 amide bonds. The molecule has 1 aromatic heterocycles. The molecule has 0 aliphatic heterocycles. The van der Waals surface area contributed by atoms with Crippen molar-refractivity contribution in [2.24, 2.45) is 5.84 Å². The maximum absolute atomic E-state index is 13.9. The van der Waals surface area contributed by atoms with Gasteiger partial charge >= 0.3 is 0 Å². The number of rotatable bonds is 6. The first kappa shape index (κ1) is 15.3. The van der Waals surface area contributed by atoms with E-state index in [1.165, 1.54) is 24.4 Å². The Hall–Kier alpha value is -2.05. The summed E-state index contributed by atoms with van der Waals surface area (Å²) in [5, 5.41) is 0. The minimum absolute atomic E-state index is 0.144. The fourth-order valence-electron chi connectivity index (χ4n) is 2.03. The van der Waals surface area contributed by atoms with Crippen molar-refractivity contribution in [2.45, 2.75) is 19.4 Å². The number of nitrogens with zero attached hydrogens (tertiary/aromatic N) is 1. The number of hydrazine groups is 1. The summed E-state index contributed by atoms with van der Waals surface area (Å²) in [6.45, 7) is 2.52. The smallest absolute Gasteiger partial charge is 0.137 e. The van der Waals surface area contributed by atoms with E-state index in [4.69, 9.17) is 10.6 Å². The molecular formula is C15H17F2N3O. The molecule has 3 N–H and O–H groups in total. The molecule has 2 aromatic rings. The molecule has 2 rings (SSSR count). The van der Waals surface area contributed by atoms with Gasteiger partial charge in [0.2, 0.25) is 0 Å². The number of nitrogens with one attached hydrogen (secondary N) is 1. The van der Waals surface area contributed by atoms with Gasteiger partial charge in [-0.25, -0.2) is 14.2 Å². The largest absolute Gasteiger partial charge is 0.492 e. The van der Waals surface area contributed by atoms with Crippen LogP contribution in [-0.2, 0) is 0 Å². The lowest BCUT2D eigenvalue weighted by Crippen LogP contribution is -2.30. The molecular weight excluding hydrogens is 276 g/mol. The lowest BCUT2D eigenvalue weighted by Gasteiger charge is -2.18. The van der Waals surface area contributed by atoms with Crippen molar-refractivity contribution >= 4 is 0 Å². The van der Waals surface area contributed by atoms with Crippen LogP contribution in [0.5, 0.6) is 5.75 Å². The Morgan fingerprint density at radius 2 is 2.00 bits per heavy atom. The van der Waals surface area contributed by atoms with E-state index in [1.807, 2.05) is 6.92 Å². The summed E-state index contributed by atoms with van der Waals surface area (Å²) >= 11 is 0. The number of pyridine rings is 1. The Labute approximate surface area is 121 Å². The zero-order chi connectivity index (χ0) is 15.2. The van der Waals surface area contributed by atoms with Crippen LogP contribution in [0.15, 0.2) is 36.7 Å². The Morgan fingerprint density at radius 3 is 2.62 bits per heavy atom. The van der Waals surface area contributed by atoms with Crippen LogP contribution in [0, 0.1) is 11.6 Å². The van der Waals surface area contributed by atoms with Gasteiger partial charge in [-0.2, -0.15) is 0 Å². The molecule has 1 aromatic carbocycles. The highest BCUT2D eigenvalue weighted by molar-refractivity contribution is 5.35. The quantitative estimate of drug-likeness (QED) is 0.635. The first-order valence-electron chi connectivity index (χ1n) is 6.65. The van der Waals surface area contributed by atoms with Crippen LogP contribution in [0.25, 0.3) is 0 Å². The Bertz CT molecular complexity index is 587. The molecule has 0 bridgehead atoms. The molecule has 21 heavy (non-hydrogen) atoms. The SMILES string of the molecule is CCCOc1cncc(C(NN)c2c(F)cccc2F)c1. The van der Waals surface area contributed by atoms with Crippen molar-refractivity contribution in [3.05, 3.63) is 59.4 Å². The summed E-state index contributed by atoms with van der Waals surface area (Å²) in [6.07, 6.45) is 3.89. The van der Waals surface area contributed by atoms with Crippen molar-refractivity contribution < 1.29 is 13.5 Å². The van der Waals surface area contributed by atoms with Crippen LogP contribution < -0.4 is 16.0 Å². The van der Waals surface area contributed by atoms with E-state index in [-0.39, 0.29) is 5.56 Å². The second-order valence-electron chi connectivity index (χ2n) is 4.54. The third-order valence-corrected chi connectivity index (χ3v) is 3.00. The highest BCUT2D eigenvalue weighted by atomic mass is 19.1. The van der Waals surface area contributed by atoms with Crippen LogP contribution >= 0.6 is 0 Å². The van der Waals surface area contributed by atoms with E-state index in [1.54, 1.807) is 12.3 Å². The van der Waals surface area contributed by atoms with Crippen molar-refractivity contribution in [1.29, 1.82) is 0 Å². The van der Waals surface area contributed by atoms with Crippen molar-refractivity contribution in [2.75, 3.05) is 6.61 Å². The number of aromatic nitrogens is 1. The minimum Gasteiger partial charge on any atom is -0.492 e. The molecule has 0 spiro atoms. The number of benzene rings is 1. The molecule has 4 nitrogen and oxygen atoms in total. The molecule has 112 valence electrons. The fraction of sp³-hybridized carbons (Fsp3) is 0.267. The Balaban J connectivity index is 2.37. The van der Waals surface area contributed by atoms with E-state index in [0.29, 0.717) is 17.9 Å². The van der Waals surface area contributed by atoms with Crippen LogP contribution in [0.3, 0.4) is 0 Å². The number of nitrogens with two attached hydrogens (primary N) is 1. The van der Waals surface area contributed by atoms with Crippen molar-refractivity contribution in [3.8, 4) is 5.75 Å². The van der Waals surface area contributed by atoms with E-state index in [9.17, 15) is 8.78 Å². The predicted octanol–water partition coefficient (Wildman–Crippen LogP) is 2.70. The summed E-state index contributed by atoms with van der Waals surface area (Å²) in [7, 11) is 0. The first-order chi connectivity index (χ1) is 10.2. The van der Waals surface area contributed by atoms with Crippen molar-refractivity contribution in [1.82, 2.24) is 10.4 Å². The molecule has 1 unspecified atom stereocenters. The van der Waals surface area contributed by atoms with Gasteiger partial charge in [-0.3, -0.25) is 10.8 Å². The topological polar surface area (TPSA) is 60.2 Å². The third kappa shape index (κ3) is 3.53. The Kier molecular flexibility index (Phi) is 5.19. The molecule has 1 atom stereocenters. The zero-order valence-corrected chi connectivity index (χ0v) is 11.6. The monoisotopic (exact) mass is 293 g/mol. The minimum atomic E-state index is -0.844. The maximum atomic E-state index is 13.9. The molecule has 0 aliphatic rings. The highest BCUT2D eigenvalue weighted by Crippen LogP contribution is 2.27. The second-order valence-corrected chi connectivity index (χ2v) is 4.54. The van der Waals surface area contributed by atoms with Crippen molar-refractivity contribution in [3.63, 3.8) is 0 Å². The summed E-state index contributed by atoms with van der Waals surface area (Å²) in [5.41, 5.74) is 2.80. The van der Waals surface area contributed by atoms with Gasteiger partial charge in [-0.1, -0.05) is 13.0 Å². The Morgan fingerprint density at radius 1 is 1.29 bits per heavy atom. The van der Waals surface area contributed by atoms with Gasteiger partial charge in [0.15, 0.2) is 0 Å². The molecule has 0 radical (unpaired) electrons. The predicted molar refractivity (Wildman–Crippen MR) is 75.5 cm³/mol. The molecule has 0 aliphatic carbocycles. The summed E-state index contributed by atoms with van der Waals surface area (Å²) in [5.74, 6) is 4.67. The average molecular weight is 293 g/mol. The summed E-state index contributed by atoms with van der Waals surface area (Å²) < 4.78 is 33.2. The molecule has 0 saturated heterocycles. The van der Waals surface area contributed by atoms with Crippen LogP contribution in [-0.4, -0.2) is 11.6 Å². The summed E-state index contributed by atoms with van der Waals surface area (Å²) in [6, 6.07) is 4.50. The number of halogens is 2. The van der Waals surface area contributed by atoms with E-state index in [0.717, 1.165) is 6.42 Å². The number of hydrogen-bond acceptors (Lipinski definition) is 4. The third-order valence-electron chi connectivity index (χ3n) is 3.00. The van der Waals surface area contributed by atoms with Gasteiger partial charge in [0.25, 0.3) is 0 Å². The van der Waals surface area contributed by atoms with Gasteiger partial charge in [0.05, 0.1) is 18.8 Å². The second kappa shape index (κ2) is 7.10. The van der Waals surface area contributed by atoms with Gasteiger partial charge < -0.3 is 4.74 Å². The van der Waals surface area contributed by atoms with Gasteiger partial charge in [0.1, 0.15) is 17.4 Å². The van der Waals surface area contributed by atoms with E-state index < -0.39 is 17.7 Å². The van der Waals surface area contributed by atoms with Gasteiger partial charge in [-0.05, 0) is 30.2 Å². The van der Waals surface area contributed by atoms with E-state index in [2.05, 4.69) is 10.4 Å². The van der Waals surface area contributed by atoms with E-state index >= 15 is 0 Å².